The summed E-state index contributed by atoms with van der Waals surface area (Å²) < 4.78 is 7.62. The molecule has 3 rings (SSSR count). The second-order valence-electron chi connectivity index (χ2n) is 7.51. The van der Waals surface area contributed by atoms with Crippen molar-refractivity contribution in [3.63, 3.8) is 0 Å². The Balaban J connectivity index is 1.56. The Labute approximate surface area is 187 Å². The van der Waals surface area contributed by atoms with Crippen molar-refractivity contribution in [1.82, 2.24) is 14.7 Å². The van der Waals surface area contributed by atoms with Crippen molar-refractivity contribution in [2.24, 2.45) is 0 Å². The number of aliphatic hydroxyl groups is 1. The van der Waals surface area contributed by atoms with E-state index in [0.717, 1.165) is 27.5 Å². The molecule has 30 heavy (non-hydrogen) atoms. The number of hydrogen-bond acceptors (Lipinski definition) is 4. The molecule has 2 aromatic carbocycles. The van der Waals surface area contributed by atoms with Crippen LogP contribution in [-0.2, 0) is 13.1 Å². The highest BCUT2D eigenvalue weighted by molar-refractivity contribution is 6.31. The topological polar surface area (TPSA) is 50.5 Å². The average molecular weight is 448 g/mol. The second kappa shape index (κ2) is 10.3. The maximum absolute atomic E-state index is 10.4. The first-order valence-corrected chi connectivity index (χ1v) is 10.6. The third kappa shape index (κ3) is 5.99. The maximum Gasteiger partial charge on any atom is 0.119 e. The number of nitrogens with zero attached hydrogens (tertiary/aromatic N) is 3. The fraction of sp³-hybridized carbons (Fsp3) is 0.348. The molecule has 0 saturated carbocycles. The standard InChI is InChI=1S/C23H27Cl2N3O2/c1-16-22(17(2)28(26-16)12-18-6-4-5-7-23(18)25)14-27(3)13-20(29)15-30-21-10-8-19(24)9-11-21/h4-11,20,29H,12-15H2,1-3H3/t20-/m1/s1. The molecule has 0 bridgehead atoms. The molecule has 160 valence electrons. The van der Waals surface area contributed by atoms with E-state index in [9.17, 15) is 5.11 Å². The van der Waals surface area contributed by atoms with Crippen LogP contribution in [0.5, 0.6) is 5.75 Å². The van der Waals surface area contributed by atoms with Crippen LogP contribution in [0.3, 0.4) is 0 Å². The van der Waals surface area contributed by atoms with Crippen LogP contribution >= 0.6 is 23.2 Å². The lowest BCUT2D eigenvalue weighted by atomic mass is 10.1. The molecule has 1 atom stereocenters. The third-order valence-corrected chi connectivity index (χ3v) is 5.64. The monoisotopic (exact) mass is 447 g/mol. The summed E-state index contributed by atoms with van der Waals surface area (Å²) in [4.78, 5) is 2.08. The Kier molecular flexibility index (Phi) is 7.78. The first-order chi connectivity index (χ1) is 14.3. The van der Waals surface area contributed by atoms with Gasteiger partial charge in [-0.2, -0.15) is 5.10 Å². The predicted octanol–water partition coefficient (Wildman–Crippen LogP) is 4.73. The van der Waals surface area contributed by atoms with Crippen LogP contribution in [0.4, 0.5) is 0 Å². The molecule has 3 aromatic rings. The number of likely N-dealkylation sites (N-methyl/N-ethyl adjacent to an activating group) is 1. The van der Waals surface area contributed by atoms with Gasteiger partial charge < -0.3 is 9.84 Å². The Bertz CT molecular complexity index is 973. The molecule has 1 aromatic heterocycles. The van der Waals surface area contributed by atoms with Crippen LogP contribution in [0.1, 0.15) is 22.5 Å². The van der Waals surface area contributed by atoms with Gasteiger partial charge in [0.25, 0.3) is 0 Å². The van der Waals surface area contributed by atoms with Gasteiger partial charge in [0, 0.05) is 34.4 Å². The van der Waals surface area contributed by atoms with Gasteiger partial charge in [0.2, 0.25) is 0 Å². The van der Waals surface area contributed by atoms with E-state index < -0.39 is 6.10 Å². The molecule has 0 aliphatic heterocycles. The number of aliphatic hydroxyl groups excluding tert-OH is 1. The average Bonchev–Trinajstić information content (AvgIpc) is 2.96. The van der Waals surface area contributed by atoms with Gasteiger partial charge >= 0.3 is 0 Å². The van der Waals surface area contributed by atoms with Crippen LogP contribution in [0, 0.1) is 13.8 Å². The van der Waals surface area contributed by atoms with E-state index in [2.05, 4.69) is 11.8 Å². The van der Waals surface area contributed by atoms with E-state index in [1.165, 1.54) is 0 Å². The van der Waals surface area contributed by atoms with E-state index in [1.54, 1.807) is 24.3 Å². The number of rotatable bonds is 9. The Hall–Kier alpha value is -2.05. The number of aryl methyl sites for hydroxylation is 1. The molecule has 0 aliphatic carbocycles. The molecule has 1 N–H and O–H groups in total. The lowest BCUT2D eigenvalue weighted by molar-refractivity contribution is 0.0743. The fourth-order valence-corrected chi connectivity index (χ4v) is 3.70. The first-order valence-electron chi connectivity index (χ1n) is 9.84. The molecule has 0 radical (unpaired) electrons. The van der Waals surface area contributed by atoms with E-state index in [4.69, 9.17) is 33.0 Å². The number of halogens is 2. The van der Waals surface area contributed by atoms with Crippen molar-refractivity contribution in [2.45, 2.75) is 33.0 Å². The van der Waals surface area contributed by atoms with Gasteiger partial charge in [-0.1, -0.05) is 41.4 Å². The van der Waals surface area contributed by atoms with E-state index in [1.807, 2.05) is 42.9 Å². The molecular formula is C23H27Cl2N3O2. The molecule has 5 nitrogen and oxygen atoms in total. The molecule has 0 fully saturated rings. The smallest absolute Gasteiger partial charge is 0.119 e. The molecule has 0 unspecified atom stereocenters. The summed E-state index contributed by atoms with van der Waals surface area (Å²) in [5, 5.41) is 16.4. The lowest BCUT2D eigenvalue weighted by Gasteiger charge is -2.21. The van der Waals surface area contributed by atoms with Crippen molar-refractivity contribution in [1.29, 1.82) is 0 Å². The van der Waals surface area contributed by atoms with E-state index >= 15 is 0 Å². The molecule has 1 heterocycles. The molecule has 0 amide bonds. The van der Waals surface area contributed by atoms with Crippen molar-refractivity contribution in [3.8, 4) is 5.75 Å². The number of aromatic nitrogens is 2. The highest BCUT2D eigenvalue weighted by atomic mass is 35.5. The summed E-state index contributed by atoms with van der Waals surface area (Å²) in [7, 11) is 1.98. The Morgan fingerprint density at radius 2 is 1.80 bits per heavy atom. The molecule has 0 spiro atoms. The third-order valence-electron chi connectivity index (χ3n) is 5.02. The zero-order valence-corrected chi connectivity index (χ0v) is 19.0. The second-order valence-corrected chi connectivity index (χ2v) is 8.36. The fourth-order valence-electron chi connectivity index (χ4n) is 3.37. The highest BCUT2D eigenvalue weighted by Crippen LogP contribution is 2.20. The van der Waals surface area contributed by atoms with Gasteiger partial charge in [-0.3, -0.25) is 9.58 Å². The maximum atomic E-state index is 10.4. The minimum atomic E-state index is -0.607. The van der Waals surface area contributed by atoms with Gasteiger partial charge in [0.1, 0.15) is 18.5 Å². The van der Waals surface area contributed by atoms with Crippen molar-refractivity contribution >= 4 is 23.2 Å². The summed E-state index contributed by atoms with van der Waals surface area (Å²) >= 11 is 12.2. The van der Waals surface area contributed by atoms with Gasteiger partial charge in [-0.05, 0) is 56.8 Å². The van der Waals surface area contributed by atoms with Crippen molar-refractivity contribution in [3.05, 3.63) is 81.1 Å². The van der Waals surface area contributed by atoms with Gasteiger partial charge in [-0.15, -0.1) is 0 Å². The lowest BCUT2D eigenvalue weighted by Crippen LogP contribution is -2.33. The number of benzene rings is 2. The molecular weight excluding hydrogens is 421 g/mol. The van der Waals surface area contributed by atoms with Crippen LogP contribution in [0.25, 0.3) is 0 Å². The summed E-state index contributed by atoms with van der Waals surface area (Å²) in [6, 6.07) is 14.9. The van der Waals surface area contributed by atoms with Gasteiger partial charge in [0.15, 0.2) is 0 Å². The van der Waals surface area contributed by atoms with Crippen LogP contribution in [0.2, 0.25) is 10.0 Å². The van der Waals surface area contributed by atoms with Crippen molar-refractivity contribution in [2.75, 3.05) is 20.2 Å². The Morgan fingerprint density at radius 3 is 2.50 bits per heavy atom. The summed E-state index contributed by atoms with van der Waals surface area (Å²) in [6.07, 6.45) is -0.607. The zero-order chi connectivity index (χ0) is 21.7. The van der Waals surface area contributed by atoms with E-state index in [0.29, 0.717) is 30.4 Å². The molecule has 7 heteroatoms. The van der Waals surface area contributed by atoms with Gasteiger partial charge in [0.05, 0.1) is 12.2 Å². The SMILES string of the molecule is Cc1nn(Cc2ccccc2Cl)c(C)c1CN(C)C[C@@H](O)COc1ccc(Cl)cc1. The minimum Gasteiger partial charge on any atom is -0.491 e. The first kappa shape index (κ1) is 22.6. The minimum absolute atomic E-state index is 0.218. The summed E-state index contributed by atoms with van der Waals surface area (Å²) in [5.74, 6) is 0.689. The summed E-state index contributed by atoms with van der Waals surface area (Å²) in [6.45, 7) is 6.11. The van der Waals surface area contributed by atoms with E-state index in [-0.39, 0.29) is 6.61 Å². The quantitative estimate of drug-likeness (QED) is 0.515. The highest BCUT2D eigenvalue weighted by Gasteiger charge is 2.16. The zero-order valence-electron chi connectivity index (χ0n) is 17.5. The molecule has 0 aliphatic rings. The van der Waals surface area contributed by atoms with Gasteiger partial charge in [-0.25, -0.2) is 0 Å². The normalized spacial score (nSPS) is 12.4. The Morgan fingerprint density at radius 1 is 1.10 bits per heavy atom. The van der Waals surface area contributed by atoms with Crippen molar-refractivity contribution < 1.29 is 9.84 Å². The summed E-state index contributed by atoms with van der Waals surface area (Å²) in [5.41, 5.74) is 4.29. The van der Waals surface area contributed by atoms with Crippen LogP contribution in [0.15, 0.2) is 48.5 Å². The van der Waals surface area contributed by atoms with Crippen LogP contribution in [-0.4, -0.2) is 46.1 Å². The molecule has 0 saturated heterocycles. The predicted molar refractivity (Wildman–Crippen MR) is 122 cm³/mol. The largest absolute Gasteiger partial charge is 0.491 e. The number of ether oxygens (including phenoxy) is 1. The number of hydrogen-bond donors (Lipinski definition) is 1. The van der Waals surface area contributed by atoms with Crippen LogP contribution < -0.4 is 4.74 Å².